The molecule has 0 bridgehead atoms. The maximum atomic E-state index is 12.8. The number of nitrogen functional groups attached to an aromatic ring is 1. The molecule has 3 nitrogen and oxygen atoms in total. The van der Waals surface area contributed by atoms with Crippen LogP contribution in [0.25, 0.3) is 10.1 Å². The normalized spacial score (nSPS) is 18.1. The molecule has 0 aliphatic carbocycles. The van der Waals surface area contributed by atoms with Crippen molar-refractivity contribution in [2.24, 2.45) is 0 Å². The molecule has 0 atom stereocenters. The van der Waals surface area contributed by atoms with Gasteiger partial charge in [0.15, 0.2) is 0 Å². The van der Waals surface area contributed by atoms with E-state index in [0.717, 1.165) is 28.9 Å². The maximum absolute atomic E-state index is 12.8. The van der Waals surface area contributed by atoms with E-state index in [2.05, 4.69) is 32.0 Å². The number of carbonyl (C=O) groups excluding carboxylic acids is 1. The second kappa shape index (κ2) is 5.21. The number of hydrogen-bond acceptors (Lipinski definition) is 4. The van der Waals surface area contributed by atoms with Crippen LogP contribution in [0.3, 0.4) is 0 Å². The van der Waals surface area contributed by atoms with Crippen LogP contribution >= 0.6 is 23.1 Å². The topological polar surface area (TPSA) is 46.3 Å². The quantitative estimate of drug-likeness (QED) is 0.870. The van der Waals surface area contributed by atoms with E-state index in [1.54, 1.807) is 0 Å². The first-order valence-electron chi connectivity index (χ1n) is 7.09. The summed E-state index contributed by atoms with van der Waals surface area (Å²) in [4.78, 5) is 15.5. The van der Waals surface area contributed by atoms with Crippen LogP contribution in [-0.2, 0) is 0 Å². The number of amides is 1. The zero-order chi connectivity index (χ0) is 15.2. The van der Waals surface area contributed by atoms with Crippen LogP contribution in [0.4, 0.5) is 5.69 Å². The molecule has 3 rings (SSSR count). The third-order valence-electron chi connectivity index (χ3n) is 3.79. The number of anilines is 1. The average molecular weight is 320 g/mol. The first-order valence-corrected chi connectivity index (χ1v) is 8.89. The number of hydrogen-bond donors (Lipinski definition) is 1. The summed E-state index contributed by atoms with van der Waals surface area (Å²) in [5.41, 5.74) is 8.05. The molecular weight excluding hydrogens is 300 g/mol. The average Bonchev–Trinajstić information content (AvgIpc) is 2.74. The largest absolute Gasteiger partial charge is 0.397 e. The fraction of sp³-hybridized carbons (Fsp3) is 0.438. The highest BCUT2D eigenvalue weighted by Crippen LogP contribution is 2.37. The molecule has 2 N–H and O–H groups in total. The lowest BCUT2D eigenvalue weighted by atomic mass is 10.1. The molecule has 0 saturated carbocycles. The molecule has 5 heteroatoms. The highest BCUT2D eigenvalue weighted by Gasteiger charge is 2.31. The van der Waals surface area contributed by atoms with Crippen LogP contribution in [0.15, 0.2) is 18.2 Å². The van der Waals surface area contributed by atoms with Gasteiger partial charge in [0.2, 0.25) is 0 Å². The Morgan fingerprint density at radius 1 is 1.38 bits per heavy atom. The van der Waals surface area contributed by atoms with Gasteiger partial charge in [0.05, 0.1) is 5.69 Å². The third kappa shape index (κ3) is 2.77. The minimum Gasteiger partial charge on any atom is -0.397 e. The standard InChI is InChI=1S/C16H20N2OS2/c1-10-4-5-12-11(8-10)13(17)14(21-12)15(19)18-6-7-20-16(2,3)9-18/h4-5,8H,6-7,9,17H2,1-3H3. The van der Waals surface area contributed by atoms with Crippen molar-refractivity contribution in [3.05, 3.63) is 28.6 Å². The van der Waals surface area contributed by atoms with Gasteiger partial charge in [0, 0.05) is 33.7 Å². The van der Waals surface area contributed by atoms with E-state index >= 15 is 0 Å². The van der Waals surface area contributed by atoms with Crippen molar-refractivity contribution >= 4 is 44.8 Å². The van der Waals surface area contributed by atoms with Gasteiger partial charge in [0.25, 0.3) is 5.91 Å². The number of aryl methyl sites for hydroxylation is 1. The first-order chi connectivity index (χ1) is 9.87. The fourth-order valence-electron chi connectivity index (χ4n) is 2.72. The summed E-state index contributed by atoms with van der Waals surface area (Å²) < 4.78 is 1.21. The van der Waals surface area contributed by atoms with Gasteiger partial charge < -0.3 is 10.6 Å². The Kier molecular flexibility index (Phi) is 3.66. The molecule has 2 heterocycles. The molecule has 2 aromatic rings. The Morgan fingerprint density at radius 2 is 2.14 bits per heavy atom. The molecule has 1 aromatic carbocycles. The number of benzene rings is 1. The molecule has 0 radical (unpaired) electrons. The SMILES string of the molecule is Cc1ccc2sc(C(=O)N3CCSC(C)(C)C3)c(N)c2c1. The molecule has 0 unspecified atom stereocenters. The minimum absolute atomic E-state index is 0.0831. The van der Waals surface area contributed by atoms with Crippen molar-refractivity contribution in [2.75, 3.05) is 24.6 Å². The molecule has 1 fully saturated rings. The molecule has 112 valence electrons. The van der Waals surface area contributed by atoms with Crippen molar-refractivity contribution in [1.82, 2.24) is 4.90 Å². The monoisotopic (exact) mass is 320 g/mol. The van der Waals surface area contributed by atoms with E-state index in [-0.39, 0.29) is 10.7 Å². The summed E-state index contributed by atoms with van der Waals surface area (Å²) in [5, 5.41) is 1.01. The van der Waals surface area contributed by atoms with Crippen LogP contribution in [0.2, 0.25) is 0 Å². The van der Waals surface area contributed by atoms with Gasteiger partial charge in [-0.25, -0.2) is 0 Å². The van der Waals surface area contributed by atoms with Crippen molar-refractivity contribution in [3.63, 3.8) is 0 Å². The second-order valence-electron chi connectivity index (χ2n) is 6.18. The van der Waals surface area contributed by atoms with Gasteiger partial charge in [-0.2, -0.15) is 11.8 Å². The highest BCUT2D eigenvalue weighted by molar-refractivity contribution is 8.00. The lowest BCUT2D eigenvalue weighted by Crippen LogP contribution is -2.46. The number of nitrogens with zero attached hydrogens (tertiary/aromatic N) is 1. The number of fused-ring (bicyclic) bond motifs is 1. The summed E-state index contributed by atoms with van der Waals surface area (Å²) in [7, 11) is 0. The third-order valence-corrected chi connectivity index (χ3v) is 6.26. The van der Waals surface area contributed by atoms with E-state index in [0.29, 0.717) is 10.6 Å². The zero-order valence-electron chi connectivity index (χ0n) is 12.6. The number of rotatable bonds is 1. The number of thiophene rings is 1. The molecule has 0 spiro atoms. The summed E-state index contributed by atoms with van der Waals surface area (Å²) in [6.07, 6.45) is 0. The lowest BCUT2D eigenvalue weighted by Gasteiger charge is -2.37. The van der Waals surface area contributed by atoms with Crippen molar-refractivity contribution in [3.8, 4) is 0 Å². The smallest absolute Gasteiger partial charge is 0.266 e. The molecule has 1 saturated heterocycles. The summed E-state index contributed by atoms with van der Waals surface area (Å²) >= 11 is 3.44. The predicted molar refractivity (Wildman–Crippen MR) is 93.4 cm³/mol. The van der Waals surface area contributed by atoms with Gasteiger partial charge >= 0.3 is 0 Å². The van der Waals surface area contributed by atoms with Crippen LogP contribution in [0.5, 0.6) is 0 Å². The summed E-state index contributed by atoms with van der Waals surface area (Å²) in [5.74, 6) is 1.07. The fourth-order valence-corrected chi connectivity index (χ4v) is 4.91. The Balaban J connectivity index is 1.96. The Hall–Kier alpha value is -1.20. The Labute approximate surface area is 133 Å². The van der Waals surface area contributed by atoms with Gasteiger partial charge in [-0.1, -0.05) is 11.6 Å². The Bertz CT molecular complexity index is 706. The van der Waals surface area contributed by atoms with E-state index < -0.39 is 0 Å². The summed E-state index contributed by atoms with van der Waals surface area (Å²) in [6.45, 7) is 8.01. The van der Waals surface area contributed by atoms with Crippen LogP contribution in [-0.4, -0.2) is 34.4 Å². The van der Waals surface area contributed by atoms with Gasteiger partial charge in [-0.15, -0.1) is 11.3 Å². The molecule has 21 heavy (non-hydrogen) atoms. The van der Waals surface area contributed by atoms with Crippen LogP contribution in [0.1, 0.15) is 29.1 Å². The first kappa shape index (κ1) is 14.7. The maximum Gasteiger partial charge on any atom is 0.266 e. The molecule has 1 aliphatic heterocycles. The highest BCUT2D eigenvalue weighted by atomic mass is 32.2. The van der Waals surface area contributed by atoms with Crippen LogP contribution < -0.4 is 5.73 Å². The molecule has 1 aromatic heterocycles. The van der Waals surface area contributed by atoms with Gasteiger partial charge in [0.1, 0.15) is 4.88 Å². The van der Waals surface area contributed by atoms with E-state index in [9.17, 15) is 4.79 Å². The Morgan fingerprint density at radius 3 is 2.86 bits per heavy atom. The van der Waals surface area contributed by atoms with Crippen molar-refractivity contribution in [2.45, 2.75) is 25.5 Å². The number of nitrogens with two attached hydrogens (primary N) is 1. The molecule has 1 amide bonds. The number of carbonyl (C=O) groups is 1. The molecule has 1 aliphatic rings. The van der Waals surface area contributed by atoms with E-state index in [4.69, 9.17) is 5.73 Å². The van der Waals surface area contributed by atoms with E-state index in [1.165, 1.54) is 16.9 Å². The predicted octanol–water partition coefficient (Wildman–Crippen LogP) is 3.76. The summed E-state index contributed by atoms with van der Waals surface area (Å²) in [6, 6.07) is 6.18. The van der Waals surface area contributed by atoms with E-state index in [1.807, 2.05) is 23.6 Å². The second-order valence-corrected chi connectivity index (χ2v) is 9.03. The molecular formula is C16H20N2OS2. The minimum atomic E-state index is 0.0831. The lowest BCUT2D eigenvalue weighted by molar-refractivity contribution is 0.0754. The van der Waals surface area contributed by atoms with Crippen LogP contribution in [0, 0.1) is 6.92 Å². The number of thioether (sulfide) groups is 1. The van der Waals surface area contributed by atoms with Gasteiger partial charge in [-0.05, 0) is 32.9 Å². The van der Waals surface area contributed by atoms with Gasteiger partial charge in [-0.3, -0.25) is 4.79 Å². The van der Waals surface area contributed by atoms with Crippen molar-refractivity contribution in [1.29, 1.82) is 0 Å². The van der Waals surface area contributed by atoms with Crippen molar-refractivity contribution < 1.29 is 4.79 Å². The zero-order valence-corrected chi connectivity index (χ0v) is 14.2.